The number of nitrogen functional groups attached to an aromatic ring is 1. The first-order chi connectivity index (χ1) is 19.2. The summed E-state index contributed by atoms with van der Waals surface area (Å²) in [5.41, 5.74) is 3.62. The van der Waals surface area contributed by atoms with Crippen molar-refractivity contribution in [3.05, 3.63) is 52.6 Å². The number of nitrogens with one attached hydrogen (secondary N) is 1. The largest absolute Gasteiger partial charge is 0.548 e. The maximum atomic E-state index is 13.4. The summed E-state index contributed by atoms with van der Waals surface area (Å²) >= 11 is 2.27. The number of carboxylic acid groups (broad SMARTS) is 1. The Morgan fingerprint density at radius 3 is 2.46 bits per heavy atom. The highest BCUT2D eigenvalue weighted by Crippen LogP contribution is 2.40. The minimum atomic E-state index is -1.57. The van der Waals surface area contributed by atoms with E-state index in [4.69, 9.17) is 15.3 Å². The molecule has 1 saturated heterocycles. The van der Waals surface area contributed by atoms with Gasteiger partial charge in [0.25, 0.3) is 5.91 Å². The van der Waals surface area contributed by atoms with E-state index in [0.717, 1.165) is 11.3 Å². The number of aliphatic carboxylic acids is 1. The molecule has 2 aliphatic rings. The van der Waals surface area contributed by atoms with Gasteiger partial charge in [-0.2, -0.15) is 0 Å². The molecule has 4 rings (SSSR count). The highest BCUT2D eigenvalue weighted by atomic mass is 32.2. The average Bonchev–Trinajstić information content (AvgIpc) is 3.32. The lowest BCUT2D eigenvalue weighted by Crippen LogP contribution is -2.75. The topological polar surface area (TPSA) is 180 Å². The first kappa shape index (κ1) is 30.0. The Kier molecular flexibility index (Phi) is 8.40. The van der Waals surface area contributed by atoms with Crippen LogP contribution < -0.4 is 20.7 Å². The summed E-state index contributed by atoms with van der Waals surface area (Å²) in [4.78, 5) is 61.9. The Labute approximate surface area is 244 Å². The monoisotopic (exact) mass is 602 g/mol. The van der Waals surface area contributed by atoms with Gasteiger partial charge in [-0.1, -0.05) is 11.2 Å². The number of β-lactam (4-membered cyclic amide) rings is 1. The van der Waals surface area contributed by atoms with Crippen molar-refractivity contribution in [1.29, 1.82) is 0 Å². The SMILES string of the molecule is CC(C)(C)OC(=O)C(C)(C)O/N=C(\C(=O)N[C@@H]1C(=O)N2C(C(=O)[O-])C(C[n+]3ccccc3)=CS[C@H]12)c1csc(N)n1. The Hall–Kier alpha value is -3.98. The molecule has 15 heteroatoms. The van der Waals surface area contributed by atoms with Crippen LogP contribution in [-0.2, 0) is 35.3 Å². The van der Waals surface area contributed by atoms with E-state index in [0.29, 0.717) is 5.57 Å². The number of anilines is 1. The molecular weight excluding hydrogens is 572 g/mol. The second kappa shape index (κ2) is 11.5. The number of carbonyl (C=O) groups is 4. The number of rotatable bonds is 9. The number of fused-ring (bicyclic) bond motifs is 1. The van der Waals surface area contributed by atoms with Crippen LogP contribution in [0.1, 0.15) is 40.3 Å². The predicted octanol–water partition coefficient (Wildman–Crippen LogP) is -0.0437. The van der Waals surface area contributed by atoms with Gasteiger partial charge in [-0.25, -0.2) is 14.3 Å². The molecule has 0 bridgehead atoms. The van der Waals surface area contributed by atoms with Gasteiger partial charge in [0, 0.05) is 23.1 Å². The normalized spacial score (nSPS) is 20.9. The summed E-state index contributed by atoms with van der Waals surface area (Å²) in [5.74, 6) is -3.55. The molecule has 41 heavy (non-hydrogen) atoms. The van der Waals surface area contributed by atoms with E-state index >= 15 is 0 Å². The molecule has 3 N–H and O–H groups in total. The first-order valence-corrected chi connectivity index (χ1v) is 14.3. The summed E-state index contributed by atoms with van der Waals surface area (Å²) in [6.07, 6.45) is 3.56. The lowest BCUT2D eigenvalue weighted by molar-refractivity contribution is -0.689. The minimum absolute atomic E-state index is 0.0691. The van der Waals surface area contributed by atoms with Crippen molar-refractivity contribution >= 4 is 57.7 Å². The number of oxime groups is 1. The van der Waals surface area contributed by atoms with Gasteiger partial charge in [0.15, 0.2) is 29.8 Å². The van der Waals surface area contributed by atoms with E-state index in [1.54, 1.807) is 55.3 Å². The van der Waals surface area contributed by atoms with E-state index in [9.17, 15) is 24.3 Å². The third-order valence-corrected chi connectivity index (χ3v) is 7.85. The molecule has 0 aliphatic carbocycles. The number of amides is 2. The van der Waals surface area contributed by atoms with Crippen LogP contribution in [0.3, 0.4) is 0 Å². The molecule has 2 aliphatic heterocycles. The zero-order valence-corrected chi connectivity index (χ0v) is 24.7. The van der Waals surface area contributed by atoms with Gasteiger partial charge in [0.2, 0.25) is 11.5 Å². The summed E-state index contributed by atoms with van der Waals surface area (Å²) in [6.45, 7) is 8.21. The molecule has 2 aromatic rings. The van der Waals surface area contributed by atoms with Crippen molar-refractivity contribution in [3.63, 3.8) is 0 Å². The fourth-order valence-corrected chi connectivity index (χ4v) is 5.75. The van der Waals surface area contributed by atoms with E-state index < -0.39 is 52.4 Å². The molecule has 2 amide bonds. The second-order valence-electron chi connectivity index (χ2n) is 10.8. The maximum Gasteiger partial charge on any atom is 0.353 e. The molecule has 2 aromatic heterocycles. The number of pyridine rings is 1. The van der Waals surface area contributed by atoms with Crippen LogP contribution in [0.5, 0.6) is 0 Å². The van der Waals surface area contributed by atoms with Crippen LogP contribution in [0.15, 0.2) is 52.1 Å². The van der Waals surface area contributed by atoms with Crippen LogP contribution in [0.4, 0.5) is 5.13 Å². The van der Waals surface area contributed by atoms with Gasteiger partial charge in [-0.3, -0.25) is 9.59 Å². The number of carbonyl (C=O) groups excluding carboxylic acids is 4. The molecule has 0 aromatic carbocycles. The predicted molar refractivity (Wildman–Crippen MR) is 148 cm³/mol. The molecule has 13 nitrogen and oxygen atoms in total. The van der Waals surface area contributed by atoms with Crippen LogP contribution in [0.2, 0.25) is 0 Å². The van der Waals surface area contributed by atoms with Gasteiger partial charge < -0.3 is 35.4 Å². The Morgan fingerprint density at radius 2 is 1.88 bits per heavy atom. The molecule has 218 valence electrons. The lowest BCUT2D eigenvalue weighted by Gasteiger charge is -2.52. The zero-order valence-electron chi connectivity index (χ0n) is 23.0. The third-order valence-electron chi connectivity index (χ3n) is 5.96. The molecule has 3 atom stereocenters. The Morgan fingerprint density at radius 1 is 1.20 bits per heavy atom. The quantitative estimate of drug-likeness (QED) is 0.130. The van der Waals surface area contributed by atoms with Gasteiger partial charge in [0.05, 0.1) is 5.97 Å². The van der Waals surface area contributed by atoms with Crippen LogP contribution in [0.25, 0.3) is 0 Å². The van der Waals surface area contributed by atoms with Gasteiger partial charge >= 0.3 is 5.97 Å². The molecule has 1 fully saturated rings. The van der Waals surface area contributed by atoms with Crippen molar-refractivity contribution < 1.29 is 38.4 Å². The summed E-state index contributed by atoms with van der Waals surface area (Å²) in [5, 5.41) is 21.2. The molecular formula is C26H30N6O7S2. The van der Waals surface area contributed by atoms with Crippen LogP contribution in [0, 0.1) is 0 Å². The van der Waals surface area contributed by atoms with E-state index in [2.05, 4.69) is 15.5 Å². The fraction of sp³-hybridized carbons (Fsp3) is 0.423. The summed E-state index contributed by atoms with van der Waals surface area (Å²) in [7, 11) is 0. The highest BCUT2D eigenvalue weighted by Gasteiger charge is 2.55. The van der Waals surface area contributed by atoms with Crippen LogP contribution in [-0.4, -0.2) is 68.0 Å². The minimum Gasteiger partial charge on any atom is -0.548 e. The first-order valence-electron chi connectivity index (χ1n) is 12.5. The number of nitrogens with zero attached hydrogens (tertiary/aromatic N) is 4. The van der Waals surface area contributed by atoms with Crippen molar-refractivity contribution in [3.8, 4) is 0 Å². The number of nitrogens with two attached hydrogens (primary N) is 1. The molecule has 4 heterocycles. The third kappa shape index (κ3) is 6.68. The number of thiazole rings is 1. The van der Waals surface area contributed by atoms with E-state index in [1.165, 1.54) is 35.9 Å². The number of carboxylic acids is 1. The summed E-state index contributed by atoms with van der Waals surface area (Å²) in [6, 6.07) is 3.10. The Bertz CT molecular complexity index is 1420. The zero-order chi connectivity index (χ0) is 30.1. The smallest absolute Gasteiger partial charge is 0.353 e. The fourth-order valence-electron chi connectivity index (χ4n) is 3.99. The van der Waals surface area contributed by atoms with Crippen molar-refractivity contribution in [1.82, 2.24) is 15.2 Å². The molecule has 0 radical (unpaired) electrons. The van der Waals surface area contributed by atoms with E-state index in [1.807, 2.05) is 6.07 Å². The van der Waals surface area contributed by atoms with Crippen LogP contribution >= 0.6 is 23.1 Å². The number of hydrogen-bond acceptors (Lipinski definition) is 12. The maximum absolute atomic E-state index is 13.4. The van der Waals surface area contributed by atoms with Crippen molar-refractivity contribution in [2.75, 3.05) is 5.73 Å². The summed E-state index contributed by atoms with van der Waals surface area (Å²) < 4.78 is 7.15. The van der Waals surface area contributed by atoms with Gasteiger partial charge in [0.1, 0.15) is 28.8 Å². The Balaban J connectivity index is 1.53. The number of aromatic nitrogens is 2. The van der Waals surface area contributed by atoms with Gasteiger partial charge in [-0.15, -0.1) is 23.1 Å². The number of ether oxygens (including phenoxy) is 1. The molecule has 0 spiro atoms. The number of thioether (sulfide) groups is 1. The molecule has 1 unspecified atom stereocenters. The van der Waals surface area contributed by atoms with Crippen molar-refractivity contribution in [2.24, 2.45) is 5.16 Å². The van der Waals surface area contributed by atoms with Crippen molar-refractivity contribution in [2.45, 2.75) is 69.8 Å². The highest BCUT2D eigenvalue weighted by molar-refractivity contribution is 8.02. The van der Waals surface area contributed by atoms with Gasteiger partial charge in [-0.05, 0) is 40.0 Å². The number of hydrogen-bond donors (Lipinski definition) is 2. The molecule has 0 saturated carbocycles. The average molecular weight is 603 g/mol. The second-order valence-corrected chi connectivity index (χ2v) is 12.7. The standard InChI is InChI=1S/C26H30N6O7S2/c1-25(2,3)38-23(37)26(4,5)39-30-16(15-13-41-24(27)28-15)19(33)29-17-20(34)32-18(22(35)36)14(12-40-21(17)32)11-31-9-7-6-8-10-31/h6-10,12-13,17-18,21H,11H2,1-5H3,(H3-,27,28,29,33,35,36)/b30-16-/t17-,18?,21-/m1/s1. The lowest BCUT2D eigenvalue weighted by atomic mass is 9.97. The number of esters is 1. The van der Waals surface area contributed by atoms with E-state index in [-0.39, 0.29) is 23.1 Å².